The fourth-order valence-electron chi connectivity index (χ4n) is 4.19. The van der Waals surface area contributed by atoms with Crippen LogP contribution in [0.3, 0.4) is 0 Å². The molecule has 1 saturated carbocycles. The van der Waals surface area contributed by atoms with Crippen LogP contribution in [-0.2, 0) is 13.2 Å². The highest BCUT2D eigenvalue weighted by Gasteiger charge is 2.31. The summed E-state index contributed by atoms with van der Waals surface area (Å²) < 4.78 is 54.1. The number of rotatable bonds is 8. The first-order valence-electron chi connectivity index (χ1n) is 11.0. The first-order chi connectivity index (χ1) is 16.3. The van der Waals surface area contributed by atoms with Crippen LogP contribution in [0.5, 0.6) is 17.4 Å². The molecule has 1 N–H and O–H groups in total. The van der Waals surface area contributed by atoms with Crippen molar-refractivity contribution in [2.24, 2.45) is 0 Å². The van der Waals surface area contributed by atoms with Gasteiger partial charge in [-0.05, 0) is 67.0 Å². The standard InChI is InChI=1S/C24H26F3N3O4/c1-32-19-8-2-16(3-9-19)14-30-23(22(15-31)28-29-30)33-20-10-4-17(5-11-20)18-6-12-21(13-7-18)34-24(25,26)27/h2-3,6-9,12-13,17,20,31H,4-5,10-11,14-15H2,1H3. The van der Waals surface area contributed by atoms with Crippen molar-refractivity contribution >= 4 is 0 Å². The van der Waals surface area contributed by atoms with Gasteiger partial charge < -0.3 is 19.3 Å². The van der Waals surface area contributed by atoms with Crippen molar-refractivity contribution in [2.75, 3.05) is 7.11 Å². The quantitative estimate of drug-likeness (QED) is 0.501. The Morgan fingerprint density at radius 3 is 2.21 bits per heavy atom. The molecule has 0 unspecified atom stereocenters. The Kier molecular flexibility index (Phi) is 7.26. The maximum absolute atomic E-state index is 12.4. The van der Waals surface area contributed by atoms with Gasteiger partial charge in [0.2, 0.25) is 5.88 Å². The summed E-state index contributed by atoms with van der Waals surface area (Å²) >= 11 is 0. The third kappa shape index (κ3) is 5.99. The number of ether oxygens (including phenoxy) is 3. The molecule has 0 spiro atoms. The van der Waals surface area contributed by atoms with E-state index < -0.39 is 6.36 Å². The summed E-state index contributed by atoms with van der Waals surface area (Å²) in [5.41, 5.74) is 2.35. The molecule has 0 radical (unpaired) electrons. The second-order valence-corrected chi connectivity index (χ2v) is 8.21. The van der Waals surface area contributed by atoms with Gasteiger partial charge in [0, 0.05) is 0 Å². The van der Waals surface area contributed by atoms with E-state index in [4.69, 9.17) is 9.47 Å². The molecule has 3 aromatic rings. The molecule has 2 aromatic carbocycles. The van der Waals surface area contributed by atoms with Crippen molar-refractivity contribution in [1.82, 2.24) is 15.0 Å². The van der Waals surface area contributed by atoms with Crippen LogP contribution in [-0.4, -0.2) is 39.7 Å². The summed E-state index contributed by atoms with van der Waals surface area (Å²) in [6.45, 7) is 0.160. The van der Waals surface area contributed by atoms with E-state index in [0.717, 1.165) is 42.6 Å². The van der Waals surface area contributed by atoms with Crippen molar-refractivity contribution in [2.45, 2.75) is 57.2 Å². The molecule has 0 saturated heterocycles. The van der Waals surface area contributed by atoms with Gasteiger partial charge in [0.25, 0.3) is 0 Å². The van der Waals surface area contributed by atoms with Crippen LogP contribution in [0.2, 0.25) is 0 Å². The second kappa shape index (κ2) is 10.3. The van der Waals surface area contributed by atoms with Gasteiger partial charge in [-0.2, -0.15) is 0 Å². The fraction of sp³-hybridized carbons (Fsp3) is 0.417. The molecular formula is C24H26F3N3O4. The Morgan fingerprint density at radius 2 is 1.62 bits per heavy atom. The SMILES string of the molecule is COc1ccc(Cn2nnc(CO)c2OC2CCC(c3ccc(OC(F)(F)F)cc3)CC2)cc1. The lowest BCUT2D eigenvalue weighted by atomic mass is 9.83. The maximum atomic E-state index is 12.4. The van der Waals surface area contributed by atoms with E-state index in [2.05, 4.69) is 15.0 Å². The maximum Gasteiger partial charge on any atom is 0.573 e. The number of aliphatic hydroxyl groups excluding tert-OH is 1. The summed E-state index contributed by atoms with van der Waals surface area (Å²) in [6.07, 6.45) is -1.56. The van der Waals surface area contributed by atoms with E-state index >= 15 is 0 Å². The lowest BCUT2D eigenvalue weighted by Crippen LogP contribution is -2.25. The van der Waals surface area contributed by atoms with Gasteiger partial charge in [0.05, 0.1) is 20.3 Å². The molecule has 1 aliphatic carbocycles. The van der Waals surface area contributed by atoms with Crippen LogP contribution in [0.1, 0.15) is 48.4 Å². The van der Waals surface area contributed by atoms with Crippen molar-refractivity contribution in [3.05, 3.63) is 65.4 Å². The van der Waals surface area contributed by atoms with Crippen LogP contribution in [0.25, 0.3) is 0 Å². The smallest absolute Gasteiger partial charge is 0.497 e. The highest BCUT2D eigenvalue weighted by Crippen LogP contribution is 2.36. The minimum atomic E-state index is -4.70. The normalized spacial score (nSPS) is 18.5. The number of halogens is 3. The minimum Gasteiger partial charge on any atom is -0.497 e. The second-order valence-electron chi connectivity index (χ2n) is 8.21. The highest BCUT2D eigenvalue weighted by molar-refractivity contribution is 5.30. The molecule has 1 heterocycles. The molecule has 0 aliphatic heterocycles. The number of methoxy groups -OCH3 is 1. The Labute approximate surface area is 195 Å². The molecule has 1 aliphatic rings. The summed E-state index contributed by atoms with van der Waals surface area (Å²) in [5.74, 6) is 1.23. The zero-order chi connectivity index (χ0) is 24.1. The van der Waals surface area contributed by atoms with E-state index in [1.165, 1.54) is 12.1 Å². The minimum absolute atomic E-state index is 0.0671. The first kappa shape index (κ1) is 23.9. The summed E-state index contributed by atoms with van der Waals surface area (Å²) in [5, 5.41) is 17.9. The average molecular weight is 477 g/mol. The van der Waals surface area contributed by atoms with Crippen LogP contribution in [0, 0.1) is 0 Å². The molecule has 0 atom stereocenters. The Hall–Kier alpha value is -3.27. The number of benzene rings is 2. The van der Waals surface area contributed by atoms with Gasteiger partial charge in [-0.1, -0.05) is 29.5 Å². The van der Waals surface area contributed by atoms with E-state index in [-0.39, 0.29) is 24.4 Å². The number of nitrogens with zero attached hydrogens (tertiary/aromatic N) is 3. The molecule has 0 amide bonds. The molecule has 34 heavy (non-hydrogen) atoms. The lowest BCUT2D eigenvalue weighted by Gasteiger charge is -2.29. The van der Waals surface area contributed by atoms with E-state index in [1.807, 2.05) is 24.3 Å². The van der Waals surface area contributed by atoms with Gasteiger partial charge >= 0.3 is 6.36 Å². The summed E-state index contributed by atoms with van der Waals surface area (Å²) in [6, 6.07) is 13.7. The zero-order valence-electron chi connectivity index (χ0n) is 18.7. The topological polar surface area (TPSA) is 78.6 Å². The predicted molar refractivity (Wildman–Crippen MR) is 117 cm³/mol. The van der Waals surface area contributed by atoms with Gasteiger partial charge in [-0.25, -0.2) is 4.68 Å². The van der Waals surface area contributed by atoms with Crippen LogP contribution < -0.4 is 14.2 Å². The van der Waals surface area contributed by atoms with Crippen molar-refractivity contribution in [1.29, 1.82) is 0 Å². The van der Waals surface area contributed by atoms with Gasteiger partial charge in [-0.15, -0.1) is 18.3 Å². The third-order valence-corrected chi connectivity index (χ3v) is 5.93. The predicted octanol–water partition coefficient (Wildman–Crippen LogP) is 4.83. The molecule has 1 fully saturated rings. The molecule has 4 rings (SSSR count). The average Bonchev–Trinajstić information content (AvgIpc) is 3.20. The first-order valence-corrected chi connectivity index (χ1v) is 11.0. The number of hydrogen-bond acceptors (Lipinski definition) is 6. The van der Waals surface area contributed by atoms with Crippen LogP contribution in [0.15, 0.2) is 48.5 Å². The zero-order valence-corrected chi connectivity index (χ0v) is 18.7. The molecule has 0 bridgehead atoms. The molecule has 182 valence electrons. The summed E-state index contributed by atoms with van der Waals surface area (Å²) in [7, 11) is 1.61. The van der Waals surface area contributed by atoms with Crippen LogP contribution in [0.4, 0.5) is 13.2 Å². The number of aliphatic hydroxyl groups is 1. The van der Waals surface area contributed by atoms with Crippen molar-refractivity contribution in [3.63, 3.8) is 0 Å². The van der Waals surface area contributed by atoms with Gasteiger partial charge in [0.15, 0.2) is 5.69 Å². The monoisotopic (exact) mass is 477 g/mol. The van der Waals surface area contributed by atoms with Gasteiger partial charge in [-0.3, -0.25) is 0 Å². The summed E-state index contributed by atoms with van der Waals surface area (Å²) in [4.78, 5) is 0. The van der Waals surface area contributed by atoms with E-state index in [1.54, 1.807) is 23.9 Å². The highest BCUT2D eigenvalue weighted by atomic mass is 19.4. The molecule has 1 aromatic heterocycles. The van der Waals surface area contributed by atoms with Crippen LogP contribution >= 0.6 is 0 Å². The number of aromatic nitrogens is 3. The molecule has 10 heteroatoms. The largest absolute Gasteiger partial charge is 0.573 e. The lowest BCUT2D eigenvalue weighted by molar-refractivity contribution is -0.274. The Morgan fingerprint density at radius 1 is 0.971 bits per heavy atom. The van der Waals surface area contributed by atoms with E-state index in [9.17, 15) is 18.3 Å². The molecular weight excluding hydrogens is 451 g/mol. The molecule has 7 nitrogen and oxygen atoms in total. The Balaban J connectivity index is 1.37. The fourth-order valence-corrected chi connectivity index (χ4v) is 4.19. The number of alkyl halides is 3. The van der Waals surface area contributed by atoms with E-state index in [0.29, 0.717) is 18.1 Å². The van der Waals surface area contributed by atoms with Crippen molar-refractivity contribution in [3.8, 4) is 17.4 Å². The third-order valence-electron chi connectivity index (χ3n) is 5.93. The Bertz CT molecular complexity index is 1060. The van der Waals surface area contributed by atoms with Gasteiger partial charge in [0.1, 0.15) is 17.6 Å². The number of hydrogen-bond donors (Lipinski definition) is 1. The van der Waals surface area contributed by atoms with Crippen molar-refractivity contribution < 1.29 is 32.5 Å².